The second-order valence-corrected chi connectivity index (χ2v) is 0.604. The van der Waals surface area contributed by atoms with E-state index in [9.17, 15) is 4.79 Å². The van der Waals surface area contributed by atoms with Gasteiger partial charge in [0.2, 0.25) is 13.7 Å². The molecule has 6 heavy (non-hydrogen) atoms. The summed E-state index contributed by atoms with van der Waals surface area (Å²) in [6, 6.07) is 0. The topological polar surface area (TPSA) is 26.3 Å². The molecule has 0 spiro atoms. The summed E-state index contributed by atoms with van der Waals surface area (Å²) in [5, 5.41) is 0. The molecular weight excluding hydrogens is 78.8 g/mol. The minimum absolute atomic E-state index is 0.829. The third kappa shape index (κ3) is 3.27. The fraction of sp³-hybridized carbons (Fsp3) is 0. The van der Waals surface area contributed by atoms with Crippen molar-refractivity contribution in [2.24, 2.45) is 0 Å². The number of carbonyl (C=O) groups is 1. The van der Waals surface area contributed by atoms with Crippen LogP contribution in [0, 0.1) is 0 Å². The molecule has 0 aromatic heterocycles. The van der Waals surface area contributed by atoms with Crippen LogP contribution in [0.3, 0.4) is 0 Å². The van der Waals surface area contributed by atoms with E-state index in [1.807, 2.05) is 0 Å². The molecule has 0 atom stereocenters. The fourth-order valence-electron chi connectivity index (χ4n) is 0.0821. The van der Waals surface area contributed by atoms with Crippen LogP contribution in [0.4, 0.5) is 4.79 Å². The van der Waals surface area contributed by atoms with Gasteiger partial charge in [-0.2, -0.15) is 0 Å². The molecule has 0 aliphatic carbocycles. The van der Waals surface area contributed by atoms with Gasteiger partial charge in [-0.1, -0.05) is 6.58 Å². The zero-order valence-electron chi connectivity index (χ0n) is 3.18. The van der Waals surface area contributed by atoms with E-state index in [2.05, 4.69) is 19.2 Å². The second kappa shape index (κ2) is 2.51. The van der Waals surface area contributed by atoms with E-state index in [0.29, 0.717) is 0 Å². The molecule has 3 heteroatoms. The first-order valence-electron chi connectivity index (χ1n) is 1.34. The van der Waals surface area contributed by atoms with Crippen LogP contribution in [0.2, 0.25) is 0 Å². The van der Waals surface area contributed by atoms with Crippen molar-refractivity contribution in [2.75, 3.05) is 0 Å². The molecule has 0 amide bonds. The maximum atomic E-state index is 9.53. The third-order valence-electron chi connectivity index (χ3n) is 0.199. The summed E-state index contributed by atoms with van der Waals surface area (Å²) in [6.45, 7) is 3.08. The molecule has 0 aromatic rings. The van der Waals surface area contributed by atoms with E-state index >= 15 is 0 Å². The average molecular weight is 81.9 g/mol. The highest BCUT2D eigenvalue weighted by molar-refractivity contribution is 6.55. The van der Waals surface area contributed by atoms with Crippen LogP contribution < -0.4 is 0 Å². The van der Waals surface area contributed by atoms with Crippen molar-refractivity contribution in [3.63, 3.8) is 0 Å². The van der Waals surface area contributed by atoms with Gasteiger partial charge in [0, 0.05) is 0 Å². The molecule has 0 unspecified atom stereocenters. The molecular formula is C3H3BO2. The van der Waals surface area contributed by atoms with Gasteiger partial charge in [0.25, 0.3) is 0 Å². The Labute approximate surface area is 37.2 Å². The largest absolute Gasteiger partial charge is 0.444 e. The van der Waals surface area contributed by atoms with E-state index in [4.69, 9.17) is 0 Å². The summed E-state index contributed by atoms with van der Waals surface area (Å²) in [5.41, 5.74) is 0. The first-order valence-corrected chi connectivity index (χ1v) is 1.34. The lowest BCUT2D eigenvalue weighted by atomic mass is 10.2. The van der Waals surface area contributed by atoms with E-state index in [1.165, 1.54) is 0 Å². The van der Waals surface area contributed by atoms with Crippen LogP contribution in [0.5, 0.6) is 0 Å². The van der Waals surface area contributed by atoms with Crippen LogP contribution in [0.15, 0.2) is 12.8 Å². The average Bonchev–Trinajstić information content (AvgIpc) is 1.35. The molecule has 0 aliphatic heterocycles. The van der Waals surface area contributed by atoms with Crippen LogP contribution in [-0.2, 0) is 4.74 Å². The maximum absolute atomic E-state index is 9.53. The Kier molecular flexibility index (Phi) is 2.21. The molecule has 0 aliphatic rings. The Morgan fingerprint density at radius 2 is 2.50 bits per heavy atom. The number of ether oxygens (including phenoxy) is 1. The molecule has 0 N–H and O–H groups in total. The Hall–Kier alpha value is -0.725. The van der Waals surface area contributed by atoms with Gasteiger partial charge >= 0.3 is 0 Å². The van der Waals surface area contributed by atoms with E-state index < -0.39 is 5.87 Å². The second-order valence-electron chi connectivity index (χ2n) is 0.604. The van der Waals surface area contributed by atoms with Crippen LogP contribution in [0.1, 0.15) is 0 Å². The Morgan fingerprint density at radius 3 is 2.50 bits per heavy atom. The molecule has 30 valence electrons. The minimum Gasteiger partial charge on any atom is -0.444 e. The van der Waals surface area contributed by atoms with Crippen molar-refractivity contribution in [3.8, 4) is 0 Å². The lowest BCUT2D eigenvalue weighted by molar-refractivity contribution is 0.212. The monoisotopic (exact) mass is 82.0 g/mol. The van der Waals surface area contributed by atoms with E-state index in [-0.39, 0.29) is 0 Å². The summed E-state index contributed by atoms with van der Waals surface area (Å²) in [4.78, 5) is 9.53. The van der Waals surface area contributed by atoms with Gasteiger partial charge in [0.1, 0.15) is 0 Å². The number of carbonyl (C=O) groups excluding carboxylic acids is 1. The predicted octanol–water partition coefficient (Wildman–Crippen LogP) is 0.435. The van der Waals surface area contributed by atoms with Crippen molar-refractivity contribution >= 4 is 13.7 Å². The molecule has 0 fully saturated rings. The summed E-state index contributed by atoms with van der Waals surface area (Å²) in [5.74, 6) is -0.829. The van der Waals surface area contributed by atoms with Crippen molar-refractivity contribution in [2.45, 2.75) is 0 Å². The number of rotatable bonds is 1. The van der Waals surface area contributed by atoms with Crippen LogP contribution >= 0.6 is 0 Å². The van der Waals surface area contributed by atoms with Gasteiger partial charge in [-0.25, -0.2) is 0 Å². The van der Waals surface area contributed by atoms with Crippen LogP contribution in [-0.4, -0.2) is 13.7 Å². The highest BCUT2D eigenvalue weighted by Gasteiger charge is 1.79. The molecule has 2 radical (unpaired) electrons. The molecule has 0 saturated carbocycles. The maximum Gasteiger partial charge on any atom is 0.240 e. The van der Waals surface area contributed by atoms with Gasteiger partial charge in [0.15, 0.2) is 0 Å². The van der Waals surface area contributed by atoms with Crippen LogP contribution in [0.25, 0.3) is 0 Å². The van der Waals surface area contributed by atoms with Gasteiger partial charge in [-0.05, 0) is 0 Å². The van der Waals surface area contributed by atoms with Gasteiger partial charge < -0.3 is 4.74 Å². The molecule has 0 bridgehead atoms. The summed E-state index contributed by atoms with van der Waals surface area (Å²) < 4.78 is 3.94. The standard InChI is InChI=1S/C3H3BO2/c1-2-6-3(4)5/h2H,1H2. The molecule has 2 nitrogen and oxygen atoms in total. The minimum atomic E-state index is -0.829. The summed E-state index contributed by atoms with van der Waals surface area (Å²) >= 11 is 0. The van der Waals surface area contributed by atoms with Crippen molar-refractivity contribution < 1.29 is 9.53 Å². The fourth-order valence-corrected chi connectivity index (χ4v) is 0.0821. The summed E-state index contributed by atoms with van der Waals surface area (Å²) in [7, 11) is 4.47. The first-order chi connectivity index (χ1) is 2.77. The Morgan fingerprint density at radius 1 is 2.00 bits per heavy atom. The Bertz CT molecular complexity index is 69.2. The first kappa shape index (κ1) is 5.27. The van der Waals surface area contributed by atoms with Gasteiger partial charge in [-0.3, -0.25) is 4.79 Å². The zero-order valence-corrected chi connectivity index (χ0v) is 3.18. The third-order valence-corrected chi connectivity index (χ3v) is 0.199. The highest BCUT2D eigenvalue weighted by atomic mass is 16.5. The van der Waals surface area contributed by atoms with E-state index in [1.54, 1.807) is 0 Å². The van der Waals surface area contributed by atoms with E-state index in [0.717, 1.165) is 6.26 Å². The Balaban J connectivity index is 3.05. The molecule has 0 saturated heterocycles. The van der Waals surface area contributed by atoms with Gasteiger partial charge in [-0.15, -0.1) is 0 Å². The lowest BCUT2D eigenvalue weighted by Gasteiger charge is -1.84. The SMILES string of the molecule is [B]C(=O)OC=C. The van der Waals surface area contributed by atoms with Crippen molar-refractivity contribution in [3.05, 3.63) is 12.8 Å². The molecule has 0 aromatic carbocycles. The highest BCUT2D eigenvalue weighted by Crippen LogP contribution is 1.69. The quantitative estimate of drug-likeness (QED) is 0.338. The number of hydrogen-bond acceptors (Lipinski definition) is 2. The predicted molar refractivity (Wildman–Crippen MR) is 22.4 cm³/mol. The van der Waals surface area contributed by atoms with Crippen molar-refractivity contribution in [1.29, 1.82) is 0 Å². The van der Waals surface area contributed by atoms with Gasteiger partial charge in [0.05, 0.1) is 6.26 Å². The zero-order chi connectivity index (χ0) is 4.99. The molecule has 0 heterocycles. The van der Waals surface area contributed by atoms with Crippen molar-refractivity contribution in [1.82, 2.24) is 0 Å². The number of hydrogen-bond donors (Lipinski definition) is 0. The summed E-state index contributed by atoms with van der Waals surface area (Å²) in [6.07, 6.45) is 0.975. The normalized spacial score (nSPS) is 6.67. The smallest absolute Gasteiger partial charge is 0.240 e. The molecule has 0 rings (SSSR count). The lowest BCUT2D eigenvalue weighted by Crippen LogP contribution is -1.91.